The second-order valence-electron chi connectivity index (χ2n) is 5.50. The highest BCUT2D eigenvalue weighted by Gasteiger charge is 2.41. The lowest BCUT2D eigenvalue weighted by atomic mass is 9.85. The summed E-state index contributed by atoms with van der Waals surface area (Å²) in [5.41, 5.74) is 0. The zero-order valence-electron chi connectivity index (χ0n) is 11.6. The van der Waals surface area contributed by atoms with Gasteiger partial charge in [-0.25, -0.2) is 8.78 Å². The Hall–Kier alpha value is -1.24. The van der Waals surface area contributed by atoms with Crippen molar-refractivity contribution in [3.05, 3.63) is 0 Å². The van der Waals surface area contributed by atoms with Crippen molar-refractivity contribution in [3.8, 4) is 0 Å². The second kappa shape index (κ2) is 6.03. The normalized spacial score (nSPS) is 27.1. The molecule has 1 heterocycles. The fourth-order valence-corrected chi connectivity index (χ4v) is 2.89. The van der Waals surface area contributed by atoms with Crippen LogP contribution in [0.1, 0.15) is 25.7 Å². The van der Waals surface area contributed by atoms with Crippen molar-refractivity contribution in [2.24, 2.45) is 5.92 Å². The molecule has 0 spiro atoms. The number of amides is 2. The highest BCUT2D eigenvalue weighted by atomic mass is 19.3. The zero-order valence-corrected chi connectivity index (χ0v) is 11.6. The Kier molecular flexibility index (Phi) is 4.57. The summed E-state index contributed by atoms with van der Waals surface area (Å²) in [6, 6.07) is -0.538. The Bertz CT molecular complexity index is 380. The molecule has 5 nitrogen and oxygen atoms in total. The minimum Gasteiger partial charge on any atom is -0.357 e. The van der Waals surface area contributed by atoms with Gasteiger partial charge < -0.3 is 15.5 Å². The molecule has 1 atom stereocenters. The van der Waals surface area contributed by atoms with E-state index in [2.05, 4.69) is 10.6 Å². The fourth-order valence-electron chi connectivity index (χ4n) is 2.89. The van der Waals surface area contributed by atoms with Crippen molar-refractivity contribution in [3.63, 3.8) is 0 Å². The van der Waals surface area contributed by atoms with Gasteiger partial charge in [-0.2, -0.15) is 0 Å². The lowest BCUT2D eigenvalue weighted by Gasteiger charge is -2.38. The van der Waals surface area contributed by atoms with Crippen molar-refractivity contribution in [1.82, 2.24) is 15.5 Å². The minimum absolute atomic E-state index is 0.157. The van der Waals surface area contributed by atoms with Gasteiger partial charge in [0.2, 0.25) is 17.7 Å². The van der Waals surface area contributed by atoms with Gasteiger partial charge in [0.05, 0.1) is 0 Å². The van der Waals surface area contributed by atoms with Crippen LogP contribution in [0, 0.1) is 5.92 Å². The molecule has 114 valence electrons. The third-order valence-corrected chi connectivity index (χ3v) is 4.14. The molecule has 0 aromatic rings. The van der Waals surface area contributed by atoms with Crippen molar-refractivity contribution in [1.29, 1.82) is 0 Å². The molecule has 1 unspecified atom stereocenters. The predicted octanol–water partition coefficient (Wildman–Crippen LogP) is 0.358. The SMILES string of the molecule is CNC(=O)C1CNCCN1C(=O)C1CCC(F)(F)CC1. The summed E-state index contributed by atoms with van der Waals surface area (Å²) < 4.78 is 26.3. The number of rotatable bonds is 2. The van der Waals surface area contributed by atoms with Gasteiger partial charge in [0.25, 0.3) is 0 Å². The Balaban J connectivity index is 2.01. The van der Waals surface area contributed by atoms with Crippen LogP contribution >= 0.6 is 0 Å². The van der Waals surface area contributed by atoms with E-state index < -0.39 is 12.0 Å². The number of piperazine rings is 1. The van der Waals surface area contributed by atoms with Gasteiger partial charge >= 0.3 is 0 Å². The first kappa shape index (κ1) is 15.2. The number of hydrogen-bond donors (Lipinski definition) is 2. The summed E-state index contributed by atoms with van der Waals surface area (Å²) in [5, 5.41) is 5.62. The molecular weight excluding hydrogens is 268 g/mol. The van der Waals surface area contributed by atoms with Gasteiger partial charge in [-0.3, -0.25) is 9.59 Å². The van der Waals surface area contributed by atoms with Crippen molar-refractivity contribution >= 4 is 11.8 Å². The highest BCUT2D eigenvalue weighted by molar-refractivity contribution is 5.88. The molecule has 20 heavy (non-hydrogen) atoms. The van der Waals surface area contributed by atoms with Crippen LogP contribution in [-0.2, 0) is 9.59 Å². The Labute approximate surface area is 117 Å². The first-order valence-electron chi connectivity index (χ1n) is 7.05. The zero-order chi connectivity index (χ0) is 14.8. The average molecular weight is 289 g/mol. The molecule has 2 rings (SSSR count). The number of nitrogens with one attached hydrogen (secondary N) is 2. The second-order valence-corrected chi connectivity index (χ2v) is 5.50. The molecule has 0 bridgehead atoms. The predicted molar refractivity (Wildman–Crippen MR) is 69.3 cm³/mol. The molecule has 1 saturated carbocycles. The van der Waals surface area contributed by atoms with E-state index in [4.69, 9.17) is 0 Å². The molecule has 0 aromatic carbocycles. The smallest absolute Gasteiger partial charge is 0.248 e. The van der Waals surface area contributed by atoms with E-state index >= 15 is 0 Å². The first-order valence-corrected chi connectivity index (χ1v) is 7.05. The van der Waals surface area contributed by atoms with E-state index in [0.29, 0.717) is 19.6 Å². The summed E-state index contributed by atoms with van der Waals surface area (Å²) in [7, 11) is 1.53. The standard InChI is InChI=1S/C13H21F2N3O2/c1-16-11(19)10-8-17-6-7-18(10)12(20)9-2-4-13(14,15)5-3-9/h9-10,17H,2-8H2,1H3,(H,16,19). The topological polar surface area (TPSA) is 61.4 Å². The quantitative estimate of drug-likeness (QED) is 0.771. The maximum atomic E-state index is 13.1. The molecule has 7 heteroatoms. The molecule has 1 saturated heterocycles. The van der Waals surface area contributed by atoms with E-state index in [1.807, 2.05) is 0 Å². The third-order valence-electron chi connectivity index (χ3n) is 4.14. The van der Waals surface area contributed by atoms with Crippen molar-refractivity contribution in [2.75, 3.05) is 26.7 Å². The van der Waals surface area contributed by atoms with Gasteiger partial charge in [-0.1, -0.05) is 0 Å². The third kappa shape index (κ3) is 3.26. The molecule has 0 radical (unpaired) electrons. The van der Waals surface area contributed by atoms with Crippen LogP contribution in [0.2, 0.25) is 0 Å². The largest absolute Gasteiger partial charge is 0.357 e. The van der Waals surface area contributed by atoms with Crippen LogP contribution in [0.3, 0.4) is 0 Å². The maximum absolute atomic E-state index is 13.1. The van der Waals surface area contributed by atoms with Crippen LogP contribution in [0.15, 0.2) is 0 Å². The number of halogens is 2. The first-order chi connectivity index (χ1) is 9.44. The van der Waals surface area contributed by atoms with Gasteiger partial charge in [0.1, 0.15) is 6.04 Å². The monoisotopic (exact) mass is 289 g/mol. The van der Waals surface area contributed by atoms with Gasteiger partial charge in [0, 0.05) is 45.4 Å². The Morgan fingerprint density at radius 2 is 1.95 bits per heavy atom. The molecule has 2 amide bonds. The van der Waals surface area contributed by atoms with Crippen molar-refractivity contribution < 1.29 is 18.4 Å². The van der Waals surface area contributed by atoms with E-state index in [-0.39, 0.29) is 43.4 Å². The molecule has 2 fully saturated rings. The Morgan fingerprint density at radius 1 is 1.30 bits per heavy atom. The number of carbonyl (C=O) groups is 2. The fraction of sp³-hybridized carbons (Fsp3) is 0.846. The number of nitrogens with zero attached hydrogens (tertiary/aromatic N) is 1. The summed E-state index contributed by atoms with van der Waals surface area (Å²) in [6.07, 6.45) is -0.0628. The number of hydrogen-bond acceptors (Lipinski definition) is 3. The summed E-state index contributed by atoms with van der Waals surface area (Å²) in [4.78, 5) is 25.8. The van der Waals surface area contributed by atoms with Crippen LogP contribution in [0.4, 0.5) is 8.78 Å². The van der Waals surface area contributed by atoms with Crippen molar-refractivity contribution in [2.45, 2.75) is 37.6 Å². The highest BCUT2D eigenvalue weighted by Crippen LogP contribution is 2.37. The number of alkyl halides is 2. The molecule has 0 aromatic heterocycles. The van der Waals surface area contributed by atoms with Crippen LogP contribution in [0.5, 0.6) is 0 Å². The number of likely N-dealkylation sites (N-methyl/N-ethyl adjacent to an activating group) is 1. The average Bonchev–Trinajstić information content (AvgIpc) is 2.45. The van der Waals surface area contributed by atoms with Crippen LogP contribution in [0.25, 0.3) is 0 Å². The van der Waals surface area contributed by atoms with Gasteiger partial charge in [0.15, 0.2) is 0 Å². The molecule has 2 N–H and O–H groups in total. The van der Waals surface area contributed by atoms with Crippen LogP contribution in [-0.4, -0.2) is 55.4 Å². The molecule has 1 aliphatic carbocycles. The van der Waals surface area contributed by atoms with E-state index in [0.717, 1.165) is 0 Å². The maximum Gasteiger partial charge on any atom is 0.248 e. The molecule has 2 aliphatic rings. The van der Waals surface area contributed by atoms with E-state index in [1.165, 1.54) is 7.05 Å². The van der Waals surface area contributed by atoms with Gasteiger partial charge in [-0.05, 0) is 12.8 Å². The Morgan fingerprint density at radius 3 is 2.55 bits per heavy atom. The summed E-state index contributed by atoms with van der Waals surface area (Å²) in [5.74, 6) is -3.39. The summed E-state index contributed by atoms with van der Waals surface area (Å²) in [6.45, 7) is 1.49. The molecule has 1 aliphatic heterocycles. The van der Waals surface area contributed by atoms with E-state index in [9.17, 15) is 18.4 Å². The van der Waals surface area contributed by atoms with E-state index in [1.54, 1.807) is 4.90 Å². The lowest BCUT2D eigenvalue weighted by molar-refractivity contribution is -0.147. The van der Waals surface area contributed by atoms with Gasteiger partial charge in [-0.15, -0.1) is 0 Å². The summed E-state index contributed by atoms with van der Waals surface area (Å²) >= 11 is 0. The number of carbonyl (C=O) groups excluding carboxylic acids is 2. The molecular formula is C13H21F2N3O2. The lowest BCUT2D eigenvalue weighted by Crippen LogP contribution is -2.60. The minimum atomic E-state index is -2.64. The van der Waals surface area contributed by atoms with Crippen LogP contribution < -0.4 is 10.6 Å².